The van der Waals surface area contributed by atoms with Crippen LogP contribution in [0.1, 0.15) is 5.56 Å². The molecule has 3 heteroatoms. The molecule has 0 fully saturated rings. The molecule has 0 aromatic heterocycles. The van der Waals surface area contributed by atoms with Crippen LogP contribution < -0.4 is 0 Å². The lowest BCUT2D eigenvalue weighted by Gasteiger charge is -1.96. The Morgan fingerprint density at radius 2 is 2.18 bits per heavy atom. The topological polar surface area (TPSA) is 20.2 Å². The fourth-order valence-corrected chi connectivity index (χ4v) is 1.21. The third-order valence-electron chi connectivity index (χ3n) is 1.18. The Morgan fingerprint density at radius 3 is 2.82 bits per heavy atom. The van der Waals surface area contributed by atoms with Crippen molar-refractivity contribution in [3.05, 3.63) is 33.2 Å². The van der Waals surface area contributed by atoms with Gasteiger partial charge < -0.3 is 5.11 Å². The number of aromatic hydroxyl groups is 1. The quantitative estimate of drug-likeness (QED) is 0.878. The van der Waals surface area contributed by atoms with Crippen molar-refractivity contribution in [3.8, 4) is 5.75 Å². The van der Waals surface area contributed by atoms with Gasteiger partial charge in [-0.3, -0.25) is 0 Å². The summed E-state index contributed by atoms with van der Waals surface area (Å²) >= 11 is 6.47. The first-order chi connectivity index (χ1) is 5.74. The van der Waals surface area contributed by atoms with E-state index >= 15 is 0 Å². The molecule has 0 saturated heterocycles. The highest BCUT2D eigenvalue weighted by Gasteiger charge is 1.94. The molecule has 1 rings (SSSR count). The molecule has 1 aromatic carbocycles. The van der Waals surface area contributed by atoms with Crippen LogP contribution in [-0.4, -0.2) is 6.54 Å². The van der Waals surface area contributed by atoms with E-state index in [1.54, 1.807) is 6.07 Å². The second-order valence-electron chi connectivity index (χ2n) is 1.97. The monoisotopic (exact) mass is 277 g/mol. The predicted molar refractivity (Wildman–Crippen MR) is 53.9 cm³/mol. The Bertz CT molecular complexity index is 295. The van der Waals surface area contributed by atoms with E-state index in [9.17, 15) is 0 Å². The third-order valence-corrected chi connectivity index (χ3v) is 1.64. The van der Waals surface area contributed by atoms with Crippen LogP contribution in [0.4, 0.5) is 0 Å². The molecular formula is C8H6Br2O. The molecule has 0 aliphatic rings. The molecule has 0 amide bonds. The number of halogens is 2. The van der Waals surface area contributed by atoms with E-state index in [0.29, 0.717) is 5.75 Å². The highest BCUT2D eigenvalue weighted by Crippen LogP contribution is 2.23. The van der Waals surface area contributed by atoms with Crippen LogP contribution in [0, 0.1) is 0 Å². The maximum absolute atomic E-state index is 6.77. The van der Waals surface area contributed by atoms with E-state index in [1.165, 1.54) is 0 Å². The molecule has 0 unspecified atom stereocenters. The minimum absolute atomic E-state index is 0.536. The largest absolute Gasteiger partial charge is 0.507 e. The summed E-state index contributed by atoms with van der Waals surface area (Å²) in [5.74, 6) is 0.536. The van der Waals surface area contributed by atoms with Crippen LogP contribution in [0.3, 0.4) is 0 Å². The third kappa shape index (κ3) is 2.67. The van der Waals surface area contributed by atoms with Crippen molar-refractivity contribution in [1.29, 1.82) is 1.43 Å². The summed E-state index contributed by atoms with van der Waals surface area (Å²) in [5.41, 5.74) is 0.858. The number of phenolic OH excluding ortho intramolecular Hbond substituents is 1. The van der Waals surface area contributed by atoms with Gasteiger partial charge in [-0.15, -0.1) is 0 Å². The molecule has 0 radical (unpaired) electrons. The molecule has 11 heavy (non-hydrogen) atoms. The molecule has 0 bridgehead atoms. The summed E-state index contributed by atoms with van der Waals surface area (Å²) in [6.45, 7) is 0. The molecule has 1 nitrogen and oxygen atoms in total. The first kappa shape index (κ1) is 7.37. The van der Waals surface area contributed by atoms with Gasteiger partial charge in [-0.25, -0.2) is 0 Å². The number of phenols is 1. The van der Waals surface area contributed by atoms with E-state index in [-0.39, 0.29) is 0 Å². The first-order valence-corrected chi connectivity index (χ1v) is 4.57. The van der Waals surface area contributed by atoms with Gasteiger partial charge in [0.25, 0.3) is 1.43 Å². The summed E-state index contributed by atoms with van der Waals surface area (Å²) in [6.07, 6.45) is 1.82. The smallest absolute Gasteiger partial charge is 0.293 e. The zero-order valence-electron chi connectivity index (χ0n) is 6.55. The number of benzene rings is 1. The molecule has 0 aliphatic heterocycles. The van der Waals surface area contributed by atoms with Gasteiger partial charge in [0.05, 0.1) is 3.39 Å². The fourth-order valence-electron chi connectivity index (χ4n) is 0.717. The fraction of sp³-hybridized carbons (Fsp3) is 0. The van der Waals surface area contributed by atoms with Crippen molar-refractivity contribution in [2.75, 3.05) is 0 Å². The Hall–Kier alpha value is -0.280. The van der Waals surface area contributed by atoms with Crippen LogP contribution in [0.2, 0.25) is 0 Å². The molecule has 58 valence electrons. The van der Waals surface area contributed by atoms with Crippen LogP contribution in [-0.2, 0) is 0 Å². The maximum atomic E-state index is 6.77. The van der Waals surface area contributed by atoms with Gasteiger partial charge in [-0.2, -0.15) is 0 Å². The van der Waals surface area contributed by atoms with Crippen LogP contribution in [0.25, 0.3) is 6.08 Å². The molecule has 0 aliphatic carbocycles. The molecule has 0 spiro atoms. The van der Waals surface area contributed by atoms with Gasteiger partial charge in [0.15, 0.2) is 0 Å². The Balaban J connectivity index is 3.05. The molecule has 0 atom stereocenters. The van der Waals surface area contributed by atoms with E-state index < -0.39 is 0 Å². The summed E-state index contributed by atoms with van der Waals surface area (Å²) in [4.78, 5) is 0. The van der Waals surface area contributed by atoms with E-state index in [2.05, 4.69) is 37.0 Å². The second kappa shape index (κ2) is 3.93. The molecule has 1 aromatic rings. The van der Waals surface area contributed by atoms with Gasteiger partial charge in [0.1, 0.15) is 5.75 Å². The number of hydrogen-bond donors (Lipinski definition) is 1. The van der Waals surface area contributed by atoms with E-state index in [0.717, 1.165) is 8.96 Å². The summed E-state index contributed by atoms with van der Waals surface area (Å²) in [5, 5.41) is 4.41. The minimum atomic E-state index is 0.536. The second-order valence-corrected chi connectivity index (χ2v) is 4.74. The number of hydrogen-bond acceptors (Lipinski definition) is 1. The Labute approximate surface area is 83.5 Å². The Morgan fingerprint density at radius 1 is 1.45 bits per heavy atom. The first-order valence-electron chi connectivity index (χ1n) is 3.40. The lowest BCUT2D eigenvalue weighted by atomic mass is 10.2. The lowest BCUT2D eigenvalue weighted by molar-refractivity contribution is 0.474. The van der Waals surface area contributed by atoms with E-state index in [1.807, 2.05) is 24.3 Å². The number of rotatable bonds is 2. The Kier molecular flexibility index (Phi) is 2.63. The van der Waals surface area contributed by atoms with Gasteiger partial charge in [0, 0.05) is 5.56 Å². The van der Waals surface area contributed by atoms with Crippen molar-refractivity contribution < 1.29 is 5.11 Å². The van der Waals surface area contributed by atoms with Gasteiger partial charge in [0.2, 0.25) is 0 Å². The van der Waals surface area contributed by atoms with Crippen molar-refractivity contribution >= 4 is 37.9 Å². The maximum Gasteiger partial charge on any atom is 0.293 e. The minimum Gasteiger partial charge on any atom is -0.507 e. The molecule has 0 heterocycles. The zero-order valence-corrected chi connectivity index (χ0v) is 8.72. The summed E-state index contributed by atoms with van der Waals surface area (Å²) in [7, 11) is 0. The van der Waals surface area contributed by atoms with Gasteiger partial charge in [-0.1, -0.05) is 18.2 Å². The molecular weight excluding hydrogens is 272 g/mol. The SMILES string of the molecule is [2H]Oc1ccccc1C=C(Br)Br. The summed E-state index contributed by atoms with van der Waals surface area (Å²) < 4.78 is 7.59. The molecule has 1 N–H and O–H groups in total. The predicted octanol–water partition coefficient (Wildman–Crippen LogP) is 3.48. The standard InChI is InChI=1S/C8H6Br2O/c9-8(10)5-6-3-1-2-4-7(6)11/h1-5,11H/i/hD. The molecule has 0 saturated carbocycles. The van der Waals surface area contributed by atoms with Crippen molar-refractivity contribution in [2.45, 2.75) is 0 Å². The summed E-state index contributed by atoms with van der Waals surface area (Å²) in [6, 6.07) is 7.31. The average Bonchev–Trinajstić information content (AvgIpc) is 2.04. The zero-order chi connectivity index (χ0) is 8.97. The van der Waals surface area contributed by atoms with Crippen molar-refractivity contribution in [1.82, 2.24) is 0 Å². The van der Waals surface area contributed by atoms with Gasteiger partial charge in [-0.05, 0) is 44.0 Å². The number of para-hydroxylation sites is 1. The van der Waals surface area contributed by atoms with Crippen molar-refractivity contribution in [2.24, 2.45) is 0 Å². The lowest BCUT2D eigenvalue weighted by Crippen LogP contribution is -1.71. The normalized spacial score (nSPS) is 10.2. The van der Waals surface area contributed by atoms with Crippen LogP contribution in [0.15, 0.2) is 27.7 Å². The van der Waals surface area contributed by atoms with Crippen molar-refractivity contribution in [3.63, 3.8) is 0 Å². The highest BCUT2D eigenvalue weighted by atomic mass is 79.9. The van der Waals surface area contributed by atoms with Crippen LogP contribution >= 0.6 is 31.9 Å². The highest BCUT2D eigenvalue weighted by molar-refractivity contribution is 9.28. The average molecular weight is 279 g/mol. The van der Waals surface area contributed by atoms with Crippen LogP contribution in [0.5, 0.6) is 5.75 Å². The van der Waals surface area contributed by atoms with E-state index in [4.69, 9.17) is 1.43 Å². The van der Waals surface area contributed by atoms with Gasteiger partial charge >= 0.3 is 0 Å².